The Morgan fingerprint density at radius 2 is 2.24 bits per heavy atom. The van der Waals surface area contributed by atoms with Crippen molar-refractivity contribution in [3.05, 3.63) is 22.9 Å². The molecular weight excluding hydrogens is 264 g/mol. The second kappa shape index (κ2) is 5.92. The van der Waals surface area contributed by atoms with Gasteiger partial charge >= 0.3 is 0 Å². The van der Waals surface area contributed by atoms with Gasteiger partial charge in [0.05, 0.1) is 5.56 Å². The predicted molar refractivity (Wildman–Crippen MR) is 84.0 cm³/mol. The fourth-order valence-corrected chi connectivity index (χ4v) is 3.62. The lowest BCUT2D eigenvalue weighted by Crippen LogP contribution is -2.32. The van der Waals surface area contributed by atoms with E-state index < -0.39 is 0 Å². The van der Waals surface area contributed by atoms with Gasteiger partial charge in [0.2, 0.25) is 0 Å². The molecule has 114 valence electrons. The molecule has 2 heterocycles. The maximum atomic E-state index is 9.10. The summed E-state index contributed by atoms with van der Waals surface area (Å²) in [5.41, 5.74) is 9.17. The maximum absolute atomic E-state index is 9.10. The van der Waals surface area contributed by atoms with Crippen molar-refractivity contribution in [2.24, 2.45) is 10.9 Å². The third-order valence-electron chi connectivity index (χ3n) is 4.78. The Bertz CT molecular complexity index is 555. The molecule has 1 aromatic rings. The first kappa shape index (κ1) is 14.2. The molecule has 0 saturated carbocycles. The Labute approximate surface area is 125 Å². The van der Waals surface area contributed by atoms with Gasteiger partial charge in [0.25, 0.3) is 0 Å². The molecule has 0 amide bonds. The van der Waals surface area contributed by atoms with E-state index in [0.717, 1.165) is 37.2 Å². The minimum atomic E-state index is 0.174. The molecular formula is C16H24N4O. The number of pyridine rings is 1. The molecule has 1 atom stereocenters. The van der Waals surface area contributed by atoms with E-state index in [1.165, 1.54) is 36.9 Å². The molecule has 0 radical (unpaired) electrons. The summed E-state index contributed by atoms with van der Waals surface area (Å²) in [6, 6.07) is 2.61. The molecule has 1 saturated heterocycles. The average Bonchev–Trinajstić information content (AvgIpc) is 3.01. The number of fused-ring (bicyclic) bond motifs is 1. The van der Waals surface area contributed by atoms with Crippen LogP contribution in [-0.2, 0) is 12.8 Å². The monoisotopic (exact) mass is 288 g/mol. The largest absolute Gasteiger partial charge is 0.409 e. The number of hydrogen-bond donors (Lipinski definition) is 2. The normalized spacial score (nSPS) is 22.4. The Balaban J connectivity index is 2.08. The van der Waals surface area contributed by atoms with E-state index in [9.17, 15) is 0 Å². The van der Waals surface area contributed by atoms with Gasteiger partial charge in [-0.3, -0.25) is 0 Å². The number of amidine groups is 1. The van der Waals surface area contributed by atoms with Crippen LogP contribution >= 0.6 is 0 Å². The highest BCUT2D eigenvalue weighted by atomic mass is 16.4. The number of nitrogens with zero attached hydrogens (tertiary/aromatic N) is 3. The smallest absolute Gasteiger partial charge is 0.173 e. The van der Waals surface area contributed by atoms with Crippen LogP contribution in [-0.4, -0.2) is 28.6 Å². The minimum absolute atomic E-state index is 0.174. The number of aromatic nitrogens is 1. The summed E-state index contributed by atoms with van der Waals surface area (Å²) in [5, 5.41) is 12.3. The van der Waals surface area contributed by atoms with Gasteiger partial charge in [-0.2, -0.15) is 0 Å². The van der Waals surface area contributed by atoms with Crippen LogP contribution in [0.5, 0.6) is 0 Å². The van der Waals surface area contributed by atoms with Crippen LogP contribution in [0.2, 0.25) is 0 Å². The lowest BCUT2D eigenvalue weighted by Gasteiger charge is -2.28. The molecule has 21 heavy (non-hydrogen) atoms. The predicted octanol–water partition coefficient (Wildman–Crippen LogP) is 2.43. The molecule has 1 aromatic heterocycles. The van der Waals surface area contributed by atoms with Crippen LogP contribution in [0.25, 0.3) is 0 Å². The van der Waals surface area contributed by atoms with Crippen molar-refractivity contribution < 1.29 is 5.21 Å². The number of oxime groups is 1. The summed E-state index contributed by atoms with van der Waals surface area (Å²) in [4.78, 5) is 7.27. The van der Waals surface area contributed by atoms with Gasteiger partial charge in [0.15, 0.2) is 5.84 Å². The Morgan fingerprint density at radius 3 is 3.00 bits per heavy atom. The topological polar surface area (TPSA) is 74.7 Å². The molecule has 0 aromatic carbocycles. The zero-order chi connectivity index (χ0) is 14.8. The SMILES string of the molecule is CCC1CCCN1c1nc2c(cc1C(N)=NO)CCCC2. The number of hydrogen-bond acceptors (Lipinski definition) is 4. The van der Waals surface area contributed by atoms with E-state index in [0.29, 0.717) is 6.04 Å². The number of aryl methyl sites for hydroxylation is 2. The van der Waals surface area contributed by atoms with Crippen molar-refractivity contribution >= 4 is 11.7 Å². The van der Waals surface area contributed by atoms with E-state index in [4.69, 9.17) is 15.9 Å². The van der Waals surface area contributed by atoms with Gasteiger partial charge in [-0.05, 0) is 56.6 Å². The summed E-state index contributed by atoms with van der Waals surface area (Å²) >= 11 is 0. The average molecular weight is 288 g/mol. The van der Waals surface area contributed by atoms with E-state index in [2.05, 4.69) is 23.0 Å². The van der Waals surface area contributed by atoms with Crippen molar-refractivity contribution in [3.8, 4) is 0 Å². The molecule has 1 aliphatic heterocycles. The number of anilines is 1. The molecule has 1 fully saturated rings. The summed E-state index contributed by atoms with van der Waals surface area (Å²) in [6.45, 7) is 3.22. The van der Waals surface area contributed by atoms with Crippen LogP contribution in [0.4, 0.5) is 5.82 Å². The molecule has 3 N–H and O–H groups in total. The van der Waals surface area contributed by atoms with Gasteiger partial charge in [0.1, 0.15) is 5.82 Å². The van der Waals surface area contributed by atoms with Crippen molar-refractivity contribution in [2.75, 3.05) is 11.4 Å². The molecule has 0 bridgehead atoms. The number of nitrogens with two attached hydrogens (primary N) is 1. The van der Waals surface area contributed by atoms with Gasteiger partial charge in [-0.15, -0.1) is 0 Å². The van der Waals surface area contributed by atoms with E-state index >= 15 is 0 Å². The van der Waals surface area contributed by atoms with Crippen molar-refractivity contribution in [3.63, 3.8) is 0 Å². The number of rotatable bonds is 3. The van der Waals surface area contributed by atoms with Crippen LogP contribution in [0, 0.1) is 0 Å². The van der Waals surface area contributed by atoms with Crippen LogP contribution < -0.4 is 10.6 Å². The van der Waals surface area contributed by atoms with E-state index in [1.807, 2.05) is 0 Å². The third kappa shape index (κ3) is 2.57. The molecule has 3 rings (SSSR count). The first-order chi connectivity index (χ1) is 10.2. The van der Waals surface area contributed by atoms with Gasteiger partial charge in [0, 0.05) is 18.3 Å². The van der Waals surface area contributed by atoms with Crippen LogP contribution in [0.15, 0.2) is 11.2 Å². The van der Waals surface area contributed by atoms with Crippen molar-refractivity contribution in [1.82, 2.24) is 4.98 Å². The second-order valence-corrected chi connectivity index (χ2v) is 6.06. The highest BCUT2D eigenvalue weighted by Gasteiger charge is 2.28. The van der Waals surface area contributed by atoms with Crippen LogP contribution in [0.1, 0.15) is 55.8 Å². The van der Waals surface area contributed by atoms with E-state index in [-0.39, 0.29) is 5.84 Å². The zero-order valence-corrected chi connectivity index (χ0v) is 12.7. The third-order valence-corrected chi connectivity index (χ3v) is 4.78. The van der Waals surface area contributed by atoms with Crippen molar-refractivity contribution in [1.29, 1.82) is 0 Å². The fourth-order valence-electron chi connectivity index (χ4n) is 3.62. The highest BCUT2D eigenvalue weighted by Crippen LogP contribution is 2.32. The second-order valence-electron chi connectivity index (χ2n) is 6.06. The summed E-state index contributed by atoms with van der Waals surface area (Å²) in [6.07, 6.45) is 7.99. The lowest BCUT2D eigenvalue weighted by atomic mass is 9.94. The molecule has 5 nitrogen and oxygen atoms in total. The van der Waals surface area contributed by atoms with Crippen molar-refractivity contribution in [2.45, 2.75) is 57.9 Å². The molecule has 1 aliphatic carbocycles. The quantitative estimate of drug-likeness (QED) is 0.388. The first-order valence-electron chi connectivity index (χ1n) is 8.02. The first-order valence-corrected chi connectivity index (χ1v) is 8.02. The minimum Gasteiger partial charge on any atom is -0.409 e. The summed E-state index contributed by atoms with van der Waals surface area (Å²) < 4.78 is 0. The van der Waals surface area contributed by atoms with Gasteiger partial charge in [-0.25, -0.2) is 4.98 Å². The molecule has 1 unspecified atom stereocenters. The Morgan fingerprint density at radius 1 is 1.43 bits per heavy atom. The molecule has 5 heteroatoms. The lowest BCUT2D eigenvalue weighted by molar-refractivity contribution is 0.318. The zero-order valence-electron chi connectivity index (χ0n) is 12.7. The fraction of sp³-hybridized carbons (Fsp3) is 0.625. The molecule has 0 spiro atoms. The summed E-state index contributed by atoms with van der Waals surface area (Å²) in [7, 11) is 0. The Hall–Kier alpha value is -1.78. The van der Waals surface area contributed by atoms with Gasteiger partial charge in [-0.1, -0.05) is 12.1 Å². The Kier molecular flexibility index (Phi) is 3.99. The van der Waals surface area contributed by atoms with E-state index in [1.54, 1.807) is 0 Å². The maximum Gasteiger partial charge on any atom is 0.173 e. The molecule has 2 aliphatic rings. The standard InChI is InChI=1S/C16H24N4O/c1-2-12-7-5-9-20(12)16-13(15(17)19-21)10-11-6-3-4-8-14(11)18-16/h10,12,21H,2-9H2,1H3,(H2,17,19). The highest BCUT2D eigenvalue weighted by molar-refractivity contribution is 6.01. The summed E-state index contributed by atoms with van der Waals surface area (Å²) in [5.74, 6) is 1.09. The van der Waals surface area contributed by atoms with Crippen LogP contribution in [0.3, 0.4) is 0 Å². The van der Waals surface area contributed by atoms with Gasteiger partial charge < -0.3 is 15.8 Å².